The summed E-state index contributed by atoms with van der Waals surface area (Å²) in [7, 11) is -3.94. The first kappa shape index (κ1) is 16.5. The van der Waals surface area contributed by atoms with Gasteiger partial charge < -0.3 is 5.73 Å². The molecular formula is C11H13BrF3N3O2S. The molecule has 0 saturated carbocycles. The quantitative estimate of drug-likeness (QED) is 0.844. The molecule has 1 aliphatic rings. The summed E-state index contributed by atoms with van der Waals surface area (Å²) in [5, 5.41) is 0. The van der Waals surface area contributed by atoms with Crippen molar-refractivity contribution in [3.63, 3.8) is 0 Å². The van der Waals surface area contributed by atoms with Gasteiger partial charge in [0.1, 0.15) is 10.7 Å². The summed E-state index contributed by atoms with van der Waals surface area (Å²) >= 11 is 3.10. The predicted molar refractivity (Wildman–Crippen MR) is 73.9 cm³/mol. The number of piperidine rings is 1. The van der Waals surface area contributed by atoms with E-state index in [0.29, 0.717) is 4.47 Å². The summed E-state index contributed by atoms with van der Waals surface area (Å²) in [5.41, 5.74) is 5.56. The first-order valence-corrected chi connectivity index (χ1v) is 8.33. The van der Waals surface area contributed by atoms with Gasteiger partial charge in [-0.3, -0.25) is 0 Å². The lowest BCUT2D eigenvalue weighted by Crippen LogP contribution is -2.42. The average molecular weight is 388 g/mol. The molecule has 0 atom stereocenters. The van der Waals surface area contributed by atoms with Gasteiger partial charge >= 0.3 is 6.18 Å². The van der Waals surface area contributed by atoms with Gasteiger partial charge in [-0.25, -0.2) is 13.4 Å². The molecule has 0 bridgehead atoms. The Morgan fingerprint density at radius 2 is 1.90 bits per heavy atom. The molecule has 0 radical (unpaired) electrons. The average Bonchev–Trinajstić information content (AvgIpc) is 2.40. The van der Waals surface area contributed by atoms with Crippen LogP contribution in [0.2, 0.25) is 0 Å². The minimum atomic E-state index is -4.29. The van der Waals surface area contributed by atoms with E-state index in [1.807, 2.05) is 0 Å². The third-order valence-corrected chi connectivity index (χ3v) is 5.74. The van der Waals surface area contributed by atoms with Crippen LogP contribution in [0.1, 0.15) is 12.8 Å². The molecule has 2 heterocycles. The van der Waals surface area contributed by atoms with Crippen LogP contribution in [0.4, 0.5) is 19.0 Å². The molecule has 0 aromatic carbocycles. The maximum Gasteiger partial charge on any atom is 0.391 e. The number of hydrogen-bond acceptors (Lipinski definition) is 4. The van der Waals surface area contributed by atoms with Crippen molar-refractivity contribution in [1.82, 2.24) is 9.29 Å². The summed E-state index contributed by atoms with van der Waals surface area (Å²) in [6.45, 7) is -0.364. The SMILES string of the molecule is Nc1ncc(Br)cc1S(=O)(=O)N1CCC(C(F)(F)F)CC1. The number of pyridine rings is 1. The minimum absolute atomic E-state index is 0.170. The molecule has 1 aliphatic heterocycles. The van der Waals surface area contributed by atoms with Gasteiger partial charge in [0.05, 0.1) is 5.92 Å². The molecule has 0 unspecified atom stereocenters. The third kappa shape index (κ3) is 3.49. The van der Waals surface area contributed by atoms with Crippen LogP contribution in [0.15, 0.2) is 21.6 Å². The van der Waals surface area contributed by atoms with E-state index in [-0.39, 0.29) is 36.6 Å². The van der Waals surface area contributed by atoms with E-state index < -0.39 is 22.1 Å². The zero-order valence-electron chi connectivity index (χ0n) is 10.8. The highest BCUT2D eigenvalue weighted by atomic mass is 79.9. The third-order valence-electron chi connectivity index (χ3n) is 3.38. The molecule has 118 valence electrons. The first-order valence-electron chi connectivity index (χ1n) is 6.10. The van der Waals surface area contributed by atoms with Crippen LogP contribution in [0, 0.1) is 5.92 Å². The Morgan fingerprint density at radius 3 is 2.43 bits per heavy atom. The molecule has 1 aromatic heterocycles. The largest absolute Gasteiger partial charge is 0.391 e. The van der Waals surface area contributed by atoms with Gasteiger partial charge in [0.15, 0.2) is 0 Å². The standard InChI is InChI=1S/C11H13BrF3N3O2S/c12-8-5-9(10(16)17-6-8)21(19,20)18-3-1-7(2-4-18)11(13,14)15/h5-7H,1-4H2,(H2,16,17). The molecule has 0 aliphatic carbocycles. The number of nitrogen functional groups attached to an aromatic ring is 1. The fourth-order valence-corrected chi connectivity index (χ4v) is 4.25. The van der Waals surface area contributed by atoms with Gasteiger partial charge in [-0.1, -0.05) is 0 Å². The Kier molecular flexibility index (Phi) is 4.50. The Hall–Kier alpha value is -0.870. The molecular weight excluding hydrogens is 375 g/mol. The van der Waals surface area contributed by atoms with Gasteiger partial charge in [-0.15, -0.1) is 0 Å². The monoisotopic (exact) mass is 387 g/mol. The Labute approximate surface area is 128 Å². The van der Waals surface area contributed by atoms with E-state index in [4.69, 9.17) is 5.73 Å². The van der Waals surface area contributed by atoms with Crippen LogP contribution in [0.5, 0.6) is 0 Å². The van der Waals surface area contributed by atoms with Crippen LogP contribution in [-0.4, -0.2) is 37.0 Å². The van der Waals surface area contributed by atoms with Crippen LogP contribution >= 0.6 is 15.9 Å². The van der Waals surface area contributed by atoms with Crippen molar-refractivity contribution in [3.8, 4) is 0 Å². The first-order chi connectivity index (χ1) is 9.62. The van der Waals surface area contributed by atoms with Gasteiger partial charge in [-0.2, -0.15) is 17.5 Å². The molecule has 0 spiro atoms. The van der Waals surface area contributed by atoms with Crippen molar-refractivity contribution < 1.29 is 21.6 Å². The van der Waals surface area contributed by atoms with Crippen LogP contribution < -0.4 is 5.73 Å². The number of halogens is 4. The molecule has 0 amide bonds. The van der Waals surface area contributed by atoms with Crippen molar-refractivity contribution in [2.24, 2.45) is 5.92 Å². The van der Waals surface area contributed by atoms with E-state index >= 15 is 0 Å². The number of aromatic nitrogens is 1. The van der Waals surface area contributed by atoms with E-state index in [1.54, 1.807) is 0 Å². The second-order valence-corrected chi connectivity index (χ2v) is 7.58. The smallest absolute Gasteiger partial charge is 0.383 e. The van der Waals surface area contributed by atoms with Gasteiger partial charge in [-0.05, 0) is 34.8 Å². The number of anilines is 1. The van der Waals surface area contributed by atoms with Crippen molar-refractivity contribution >= 4 is 31.8 Å². The number of nitrogens with zero attached hydrogens (tertiary/aromatic N) is 2. The second-order valence-electron chi connectivity index (χ2n) is 4.76. The topological polar surface area (TPSA) is 76.3 Å². The second kappa shape index (κ2) is 5.73. The summed E-state index contributed by atoms with van der Waals surface area (Å²) in [4.78, 5) is 3.55. The fourth-order valence-electron chi connectivity index (χ4n) is 2.20. The Bertz CT molecular complexity index is 628. The zero-order chi connectivity index (χ0) is 15.8. The summed E-state index contributed by atoms with van der Waals surface area (Å²) in [6.07, 6.45) is -3.43. The highest BCUT2D eigenvalue weighted by Crippen LogP contribution is 2.36. The lowest BCUT2D eigenvalue weighted by molar-refractivity contribution is -0.182. The predicted octanol–water partition coefficient (Wildman–Crippen LogP) is 2.39. The maximum atomic E-state index is 12.6. The highest BCUT2D eigenvalue weighted by Gasteiger charge is 2.43. The Balaban J connectivity index is 2.21. The lowest BCUT2D eigenvalue weighted by Gasteiger charge is -2.32. The number of sulfonamides is 1. The molecule has 2 N–H and O–H groups in total. The summed E-state index contributed by atoms with van der Waals surface area (Å²) in [5.74, 6) is -1.63. The van der Waals surface area contributed by atoms with E-state index in [1.165, 1.54) is 12.3 Å². The summed E-state index contributed by atoms with van der Waals surface area (Å²) < 4.78 is 64.1. The van der Waals surface area contributed by atoms with E-state index in [9.17, 15) is 21.6 Å². The molecule has 5 nitrogen and oxygen atoms in total. The van der Waals surface area contributed by atoms with E-state index in [0.717, 1.165) is 4.31 Å². The number of rotatable bonds is 2. The van der Waals surface area contributed by atoms with Crippen molar-refractivity contribution in [2.45, 2.75) is 23.9 Å². The molecule has 2 rings (SSSR count). The number of nitrogens with two attached hydrogens (primary N) is 1. The summed E-state index contributed by atoms with van der Waals surface area (Å²) in [6, 6.07) is 1.30. The minimum Gasteiger partial charge on any atom is -0.383 e. The van der Waals surface area contributed by atoms with Crippen molar-refractivity contribution in [1.29, 1.82) is 0 Å². The van der Waals surface area contributed by atoms with E-state index in [2.05, 4.69) is 20.9 Å². The molecule has 1 fully saturated rings. The molecule has 21 heavy (non-hydrogen) atoms. The molecule has 1 saturated heterocycles. The maximum absolute atomic E-state index is 12.6. The van der Waals surface area contributed by atoms with Crippen LogP contribution in [0.3, 0.4) is 0 Å². The van der Waals surface area contributed by atoms with Crippen molar-refractivity contribution in [2.75, 3.05) is 18.8 Å². The highest BCUT2D eigenvalue weighted by molar-refractivity contribution is 9.10. The fraction of sp³-hybridized carbons (Fsp3) is 0.545. The van der Waals surface area contributed by atoms with Gasteiger partial charge in [0.2, 0.25) is 10.0 Å². The zero-order valence-corrected chi connectivity index (χ0v) is 13.2. The van der Waals surface area contributed by atoms with Crippen LogP contribution in [0.25, 0.3) is 0 Å². The van der Waals surface area contributed by atoms with Crippen LogP contribution in [-0.2, 0) is 10.0 Å². The van der Waals surface area contributed by atoms with Crippen molar-refractivity contribution in [3.05, 3.63) is 16.7 Å². The normalized spacial score (nSPS) is 18.9. The number of alkyl halides is 3. The van der Waals surface area contributed by atoms with Gasteiger partial charge in [0.25, 0.3) is 0 Å². The Morgan fingerprint density at radius 1 is 1.33 bits per heavy atom. The molecule has 10 heteroatoms. The molecule has 1 aromatic rings. The number of hydrogen-bond donors (Lipinski definition) is 1. The van der Waals surface area contributed by atoms with Gasteiger partial charge in [0, 0.05) is 23.8 Å². The lowest BCUT2D eigenvalue weighted by atomic mass is 9.98.